The van der Waals surface area contributed by atoms with E-state index in [2.05, 4.69) is 24.1 Å². The molecule has 2 amide bonds. The van der Waals surface area contributed by atoms with Crippen molar-refractivity contribution in [2.24, 2.45) is 5.92 Å². The fourth-order valence-electron chi connectivity index (χ4n) is 4.12. The molecule has 8 heteroatoms. The van der Waals surface area contributed by atoms with Crippen LogP contribution in [-0.2, 0) is 11.3 Å². The van der Waals surface area contributed by atoms with Gasteiger partial charge < -0.3 is 14.6 Å². The summed E-state index contributed by atoms with van der Waals surface area (Å²) in [5, 5.41) is 2.85. The summed E-state index contributed by atoms with van der Waals surface area (Å²) in [7, 11) is 0. The summed E-state index contributed by atoms with van der Waals surface area (Å²) < 4.78 is 6.62. The molecule has 1 saturated heterocycles. The number of benzene rings is 2. The normalized spacial score (nSPS) is 14.7. The number of fused-ring (bicyclic) bond motifs is 1. The summed E-state index contributed by atoms with van der Waals surface area (Å²) in [6.45, 7) is 10.2. The Morgan fingerprint density at radius 1 is 1.03 bits per heavy atom. The van der Waals surface area contributed by atoms with Crippen molar-refractivity contribution in [2.45, 2.75) is 27.3 Å². The van der Waals surface area contributed by atoms with Gasteiger partial charge in [0, 0.05) is 44.0 Å². The van der Waals surface area contributed by atoms with Gasteiger partial charge in [0.1, 0.15) is 6.54 Å². The van der Waals surface area contributed by atoms with E-state index in [0.29, 0.717) is 41.4 Å². The van der Waals surface area contributed by atoms with Crippen LogP contribution < -0.4 is 11.1 Å². The number of rotatable bonds is 6. The largest absolute Gasteiger partial charge is 0.420 e. The van der Waals surface area contributed by atoms with E-state index in [1.54, 1.807) is 23.1 Å². The van der Waals surface area contributed by atoms with Crippen molar-refractivity contribution in [3.05, 3.63) is 64.1 Å². The summed E-state index contributed by atoms with van der Waals surface area (Å²) in [4.78, 5) is 42.2. The molecule has 1 aliphatic rings. The van der Waals surface area contributed by atoms with E-state index >= 15 is 0 Å². The fourth-order valence-corrected chi connectivity index (χ4v) is 4.12. The van der Waals surface area contributed by atoms with Crippen LogP contribution in [0, 0.1) is 12.8 Å². The number of carbonyl (C=O) groups is 2. The smallest absolute Gasteiger partial charge is 0.408 e. The summed E-state index contributed by atoms with van der Waals surface area (Å²) in [5.74, 6) is -0.444. The molecule has 8 nitrogen and oxygen atoms in total. The molecule has 1 N–H and O–H groups in total. The molecule has 33 heavy (non-hydrogen) atoms. The van der Waals surface area contributed by atoms with E-state index in [1.165, 1.54) is 4.57 Å². The van der Waals surface area contributed by atoms with Gasteiger partial charge in [-0.1, -0.05) is 31.5 Å². The Morgan fingerprint density at radius 2 is 1.73 bits per heavy atom. The molecule has 3 aromatic rings. The monoisotopic (exact) mass is 450 g/mol. The summed E-state index contributed by atoms with van der Waals surface area (Å²) >= 11 is 0. The third-order valence-electron chi connectivity index (χ3n) is 5.88. The molecule has 0 unspecified atom stereocenters. The van der Waals surface area contributed by atoms with Crippen LogP contribution in [0.3, 0.4) is 0 Å². The molecule has 2 heterocycles. The van der Waals surface area contributed by atoms with E-state index in [9.17, 15) is 14.4 Å². The quantitative estimate of drug-likeness (QED) is 0.624. The first kappa shape index (κ1) is 22.8. The number of piperazine rings is 1. The van der Waals surface area contributed by atoms with Gasteiger partial charge in [0.25, 0.3) is 5.91 Å². The van der Waals surface area contributed by atoms with Crippen LogP contribution >= 0.6 is 0 Å². The first-order valence-electron chi connectivity index (χ1n) is 11.3. The molecule has 0 aliphatic carbocycles. The van der Waals surface area contributed by atoms with Crippen molar-refractivity contribution in [3.8, 4) is 0 Å². The molecule has 0 radical (unpaired) electrons. The van der Waals surface area contributed by atoms with Crippen molar-refractivity contribution in [1.82, 2.24) is 14.4 Å². The van der Waals surface area contributed by atoms with Crippen LogP contribution in [0.4, 0.5) is 5.69 Å². The molecule has 174 valence electrons. The van der Waals surface area contributed by atoms with Gasteiger partial charge in [0.2, 0.25) is 5.91 Å². The second-order valence-electron chi connectivity index (χ2n) is 9.03. The van der Waals surface area contributed by atoms with Gasteiger partial charge >= 0.3 is 5.76 Å². The van der Waals surface area contributed by atoms with Gasteiger partial charge in [-0.2, -0.15) is 0 Å². The van der Waals surface area contributed by atoms with Gasteiger partial charge in [0.05, 0.1) is 5.52 Å². The van der Waals surface area contributed by atoms with Crippen LogP contribution in [0.1, 0.15) is 29.8 Å². The standard InChI is InChI=1S/C25H30N4O4/c1-17(2)15-27-10-12-28(13-11-27)23(30)16-29-21-14-19(6-9-22(21)33-25(29)32)24(31)26-20-7-4-18(3)5-8-20/h4-9,14,17H,10-13,15-16H2,1-3H3,(H,26,31). The molecule has 0 bridgehead atoms. The first-order chi connectivity index (χ1) is 15.8. The van der Waals surface area contributed by atoms with Crippen molar-refractivity contribution in [2.75, 3.05) is 38.0 Å². The highest BCUT2D eigenvalue weighted by molar-refractivity contribution is 6.05. The minimum Gasteiger partial charge on any atom is -0.408 e. The number of hydrogen-bond donors (Lipinski definition) is 1. The van der Waals surface area contributed by atoms with Gasteiger partial charge in [-0.3, -0.25) is 19.1 Å². The molecule has 2 aromatic carbocycles. The lowest BCUT2D eigenvalue weighted by atomic mass is 10.1. The highest BCUT2D eigenvalue weighted by atomic mass is 16.4. The highest BCUT2D eigenvalue weighted by Crippen LogP contribution is 2.18. The predicted octanol–water partition coefficient (Wildman–Crippen LogP) is 2.96. The Hall–Kier alpha value is -3.39. The lowest BCUT2D eigenvalue weighted by Crippen LogP contribution is -2.50. The topological polar surface area (TPSA) is 87.8 Å². The molecule has 1 fully saturated rings. The number of anilines is 1. The zero-order chi connectivity index (χ0) is 23.5. The molecule has 0 atom stereocenters. The molecular formula is C25H30N4O4. The van der Waals surface area contributed by atoms with Crippen molar-refractivity contribution >= 4 is 28.6 Å². The highest BCUT2D eigenvalue weighted by Gasteiger charge is 2.23. The second-order valence-corrected chi connectivity index (χ2v) is 9.03. The Bertz CT molecular complexity index is 1200. The van der Waals surface area contributed by atoms with Gasteiger partial charge in [-0.25, -0.2) is 4.79 Å². The summed E-state index contributed by atoms with van der Waals surface area (Å²) in [5.41, 5.74) is 2.95. The van der Waals surface area contributed by atoms with E-state index < -0.39 is 5.76 Å². The number of aromatic nitrogens is 1. The molecule has 0 spiro atoms. The van der Waals surface area contributed by atoms with Gasteiger partial charge in [-0.15, -0.1) is 0 Å². The lowest BCUT2D eigenvalue weighted by molar-refractivity contribution is -0.133. The maximum absolute atomic E-state index is 12.9. The van der Waals surface area contributed by atoms with Crippen molar-refractivity contribution < 1.29 is 14.0 Å². The third-order valence-corrected chi connectivity index (χ3v) is 5.88. The predicted molar refractivity (Wildman–Crippen MR) is 127 cm³/mol. The number of aryl methyl sites for hydroxylation is 1. The average Bonchev–Trinajstić information content (AvgIpc) is 3.09. The molecule has 0 saturated carbocycles. The van der Waals surface area contributed by atoms with E-state index in [4.69, 9.17) is 4.42 Å². The molecule has 1 aromatic heterocycles. The molecular weight excluding hydrogens is 420 g/mol. The van der Waals surface area contributed by atoms with Crippen LogP contribution in [0.15, 0.2) is 51.7 Å². The van der Waals surface area contributed by atoms with Gasteiger partial charge in [-0.05, 0) is 43.2 Å². The van der Waals surface area contributed by atoms with Crippen LogP contribution in [0.5, 0.6) is 0 Å². The van der Waals surface area contributed by atoms with Gasteiger partial charge in [0.15, 0.2) is 5.58 Å². The minimum atomic E-state index is -0.604. The van der Waals surface area contributed by atoms with Crippen LogP contribution in [0.2, 0.25) is 0 Å². The Labute approximate surface area is 192 Å². The molecule has 4 rings (SSSR count). The Kier molecular flexibility index (Phi) is 6.65. The van der Waals surface area contributed by atoms with E-state index in [1.807, 2.05) is 31.2 Å². The Balaban J connectivity index is 1.48. The zero-order valence-electron chi connectivity index (χ0n) is 19.3. The minimum absolute atomic E-state index is 0.112. The first-order valence-corrected chi connectivity index (χ1v) is 11.3. The Morgan fingerprint density at radius 3 is 2.39 bits per heavy atom. The third kappa shape index (κ3) is 5.34. The number of amides is 2. The lowest BCUT2D eigenvalue weighted by Gasteiger charge is -2.35. The number of hydrogen-bond acceptors (Lipinski definition) is 5. The number of nitrogens with zero attached hydrogens (tertiary/aromatic N) is 3. The average molecular weight is 451 g/mol. The van der Waals surface area contributed by atoms with Crippen molar-refractivity contribution in [3.63, 3.8) is 0 Å². The van der Waals surface area contributed by atoms with E-state index in [0.717, 1.165) is 25.2 Å². The second kappa shape index (κ2) is 9.62. The van der Waals surface area contributed by atoms with E-state index in [-0.39, 0.29) is 18.4 Å². The van der Waals surface area contributed by atoms with Crippen LogP contribution in [0.25, 0.3) is 11.1 Å². The number of nitrogens with one attached hydrogen (secondary N) is 1. The maximum atomic E-state index is 12.9. The number of oxazole rings is 1. The summed E-state index contributed by atoms with van der Waals surface area (Å²) in [6, 6.07) is 12.3. The maximum Gasteiger partial charge on any atom is 0.420 e. The number of carbonyl (C=O) groups excluding carboxylic acids is 2. The van der Waals surface area contributed by atoms with Crippen LogP contribution in [-0.4, -0.2) is 58.9 Å². The summed E-state index contributed by atoms with van der Waals surface area (Å²) in [6.07, 6.45) is 0. The zero-order valence-corrected chi connectivity index (χ0v) is 19.3. The SMILES string of the molecule is Cc1ccc(NC(=O)c2ccc3oc(=O)n(CC(=O)N4CCN(CC(C)C)CC4)c3c2)cc1. The molecule has 1 aliphatic heterocycles. The van der Waals surface area contributed by atoms with Crippen molar-refractivity contribution in [1.29, 1.82) is 0 Å². The fraction of sp³-hybridized carbons (Fsp3) is 0.400.